The lowest BCUT2D eigenvalue weighted by atomic mass is 10.1. The molecule has 1 N–H and O–H groups in total. The van der Waals surface area contributed by atoms with E-state index in [1.165, 1.54) is 11.1 Å². The van der Waals surface area contributed by atoms with E-state index >= 15 is 0 Å². The lowest BCUT2D eigenvalue weighted by molar-refractivity contribution is -0.933. The van der Waals surface area contributed by atoms with Gasteiger partial charge in [-0.15, -0.1) is 0 Å². The van der Waals surface area contributed by atoms with Gasteiger partial charge in [-0.1, -0.05) is 60.7 Å². The Hall–Kier alpha value is -2.14. The second-order valence-electron chi connectivity index (χ2n) is 8.31. The zero-order valence-electron chi connectivity index (χ0n) is 17.3. The van der Waals surface area contributed by atoms with E-state index in [2.05, 4.69) is 78.0 Å². The maximum Gasteiger partial charge on any atom is 0.193 e. The molecule has 0 bridgehead atoms. The van der Waals surface area contributed by atoms with Crippen molar-refractivity contribution in [2.24, 2.45) is 0 Å². The van der Waals surface area contributed by atoms with Gasteiger partial charge in [0.05, 0.1) is 18.3 Å². The summed E-state index contributed by atoms with van der Waals surface area (Å²) in [5.41, 5.74) is 1.83. The van der Waals surface area contributed by atoms with Gasteiger partial charge < -0.3 is 14.7 Å². The molecule has 0 aromatic heterocycles. The Kier molecular flexibility index (Phi) is 6.55. The summed E-state index contributed by atoms with van der Waals surface area (Å²) in [6, 6.07) is 21.3. The summed E-state index contributed by atoms with van der Waals surface area (Å²) in [4.78, 5) is 2.25. The van der Waals surface area contributed by atoms with E-state index in [1.807, 2.05) is 20.8 Å². The van der Waals surface area contributed by atoms with Crippen molar-refractivity contribution in [3.05, 3.63) is 84.2 Å². The third-order valence-electron chi connectivity index (χ3n) is 5.21. The minimum atomic E-state index is -0.770. The minimum Gasteiger partial charge on any atom is -0.389 e. The van der Waals surface area contributed by atoms with Gasteiger partial charge in [-0.25, -0.2) is 0 Å². The minimum absolute atomic E-state index is 0.117. The average molecular weight is 382 g/mol. The molecule has 3 rings (SSSR count). The highest BCUT2D eigenvalue weighted by molar-refractivity contribution is 5.16. The average Bonchev–Trinajstić information content (AvgIpc) is 2.97. The van der Waals surface area contributed by atoms with Gasteiger partial charge >= 0.3 is 0 Å². The van der Waals surface area contributed by atoms with Crippen LogP contribution >= 0.6 is 0 Å². The van der Waals surface area contributed by atoms with Gasteiger partial charge in [0.1, 0.15) is 25.9 Å². The third kappa shape index (κ3) is 5.22. The van der Waals surface area contributed by atoms with Crippen molar-refractivity contribution in [3.63, 3.8) is 0 Å². The van der Waals surface area contributed by atoms with Gasteiger partial charge in [-0.05, 0) is 20.8 Å². The van der Waals surface area contributed by atoms with Crippen LogP contribution < -0.4 is 0 Å². The largest absolute Gasteiger partial charge is 0.389 e. The Balaban J connectivity index is 1.95. The number of hydrogen-bond acceptors (Lipinski definition) is 3. The molecule has 1 atom stereocenters. The van der Waals surface area contributed by atoms with Crippen LogP contribution in [0, 0.1) is 0 Å². The molecule has 2 aromatic carbocycles. The van der Waals surface area contributed by atoms with Crippen molar-refractivity contribution in [1.82, 2.24) is 4.90 Å². The van der Waals surface area contributed by atoms with Gasteiger partial charge in [0.15, 0.2) is 6.17 Å². The number of nitrogens with zero attached hydrogens (tertiary/aromatic N) is 2. The van der Waals surface area contributed by atoms with Crippen LogP contribution in [-0.2, 0) is 17.8 Å². The van der Waals surface area contributed by atoms with E-state index in [0.717, 1.165) is 17.6 Å². The molecule has 1 aliphatic rings. The Bertz CT molecular complexity index is 712. The van der Waals surface area contributed by atoms with E-state index < -0.39 is 5.60 Å². The summed E-state index contributed by atoms with van der Waals surface area (Å²) >= 11 is 0. The van der Waals surface area contributed by atoms with Gasteiger partial charge in [0.25, 0.3) is 0 Å². The summed E-state index contributed by atoms with van der Waals surface area (Å²) in [7, 11) is 0. The molecular weight excluding hydrogens is 348 g/mol. The molecule has 1 unspecified atom stereocenters. The molecule has 0 spiro atoms. The summed E-state index contributed by atoms with van der Waals surface area (Å²) in [5.74, 6) is 0. The van der Waals surface area contributed by atoms with Gasteiger partial charge in [0, 0.05) is 17.7 Å². The molecule has 0 fully saturated rings. The first-order valence-corrected chi connectivity index (χ1v) is 10.1. The molecule has 0 aliphatic carbocycles. The van der Waals surface area contributed by atoms with E-state index in [1.54, 1.807) is 0 Å². The lowest BCUT2D eigenvalue weighted by Gasteiger charge is -2.42. The fourth-order valence-electron chi connectivity index (χ4n) is 4.00. The molecule has 4 heteroatoms. The molecular formula is C24H33N2O2+. The quantitative estimate of drug-likeness (QED) is 0.663. The third-order valence-corrected chi connectivity index (χ3v) is 5.21. The lowest BCUT2D eigenvalue weighted by Crippen LogP contribution is -2.56. The summed E-state index contributed by atoms with van der Waals surface area (Å²) in [6.07, 6.45) is 4.55. The fourth-order valence-corrected chi connectivity index (χ4v) is 4.00. The molecule has 1 heterocycles. The predicted molar refractivity (Wildman–Crippen MR) is 113 cm³/mol. The molecule has 150 valence electrons. The van der Waals surface area contributed by atoms with Crippen molar-refractivity contribution < 1.29 is 14.3 Å². The van der Waals surface area contributed by atoms with Crippen LogP contribution in [-0.4, -0.2) is 46.0 Å². The number of hydrogen-bond donors (Lipinski definition) is 1. The van der Waals surface area contributed by atoms with E-state index in [0.29, 0.717) is 19.8 Å². The Morgan fingerprint density at radius 3 is 1.96 bits per heavy atom. The highest BCUT2D eigenvalue weighted by atomic mass is 16.5. The van der Waals surface area contributed by atoms with E-state index in [4.69, 9.17) is 4.74 Å². The molecule has 0 amide bonds. The Labute approximate surface area is 169 Å². The monoisotopic (exact) mass is 381 g/mol. The SMILES string of the molecule is CCOCC1N(CC(C)(C)O)C=C[N+]1(Cc1ccccc1)Cc1ccccc1. The van der Waals surface area contributed by atoms with Gasteiger partial charge in [-0.2, -0.15) is 0 Å². The number of ether oxygens (including phenoxy) is 1. The molecule has 0 radical (unpaired) electrons. The van der Waals surface area contributed by atoms with Crippen molar-refractivity contribution in [1.29, 1.82) is 0 Å². The maximum absolute atomic E-state index is 10.4. The number of β-amino-alcohol motifs (C(OH)–C–C–N with tert-alkyl or cyclic N) is 1. The Morgan fingerprint density at radius 1 is 0.964 bits per heavy atom. The van der Waals surface area contributed by atoms with Crippen LogP contribution in [0.4, 0.5) is 0 Å². The molecule has 0 saturated carbocycles. The van der Waals surface area contributed by atoms with Gasteiger partial charge in [0.2, 0.25) is 0 Å². The van der Waals surface area contributed by atoms with Crippen LogP contribution in [0.15, 0.2) is 73.1 Å². The summed E-state index contributed by atoms with van der Waals surface area (Å²) in [5, 5.41) is 10.4. The molecule has 2 aromatic rings. The van der Waals surface area contributed by atoms with Crippen molar-refractivity contribution in [2.45, 2.75) is 45.6 Å². The smallest absolute Gasteiger partial charge is 0.193 e. The fraction of sp³-hybridized carbons (Fsp3) is 0.417. The predicted octanol–water partition coefficient (Wildman–Crippen LogP) is 4.12. The number of aliphatic hydroxyl groups is 1. The first kappa shape index (κ1) is 20.6. The van der Waals surface area contributed by atoms with Crippen LogP contribution in [0.25, 0.3) is 0 Å². The van der Waals surface area contributed by atoms with Crippen LogP contribution in [0.5, 0.6) is 0 Å². The zero-order chi connectivity index (χ0) is 20.0. The first-order valence-electron chi connectivity index (χ1n) is 10.1. The second-order valence-corrected chi connectivity index (χ2v) is 8.31. The summed E-state index contributed by atoms with van der Waals surface area (Å²) < 4.78 is 6.67. The number of rotatable bonds is 9. The van der Waals surface area contributed by atoms with E-state index in [-0.39, 0.29) is 6.17 Å². The van der Waals surface area contributed by atoms with Crippen LogP contribution in [0.1, 0.15) is 31.9 Å². The highest BCUT2D eigenvalue weighted by Gasteiger charge is 2.44. The Morgan fingerprint density at radius 2 is 1.50 bits per heavy atom. The van der Waals surface area contributed by atoms with Crippen molar-refractivity contribution >= 4 is 0 Å². The van der Waals surface area contributed by atoms with Crippen LogP contribution in [0.3, 0.4) is 0 Å². The van der Waals surface area contributed by atoms with Crippen LogP contribution in [0.2, 0.25) is 0 Å². The molecule has 4 nitrogen and oxygen atoms in total. The van der Waals surface area contributed by atoms with Crippen molar-refractivity contribution in [3.8, 4) is 0 Å². The molecule has 28 heavy (non-hydrogen) atoms. The highest BCUT2D eigenvalue weighted by Crippen LogP contribution is 2.33. The van der Waals surface area contributed by atoms with E-state index in [9.17, 15) is 5.11 Å². The normalized spacial score (nSPS) is 18.6. The summed E-state index contributed by atoms with van der Waals surface area (Å²) in [6.45, 7) is 9.40. The number of quaternary nitrogens is 1. The first-order chi connectivity index (χ1) is 13.4. The number of benzene rings is 2. The topological polar surface area (TPSA) is 32.7 Å². The van der Waals surface area contributed by atoms with Gasteiger partial charge in [-0.3, -0.25) is 4.48 Å². The maximum atomic E-state index is 10.4. The zero-order valence-corrected chi connectivity index (χ0v) is 17.3. The van der Waals surface area contributed by atoms with Crippen molar-refractivity contribution in [2.75, 3.05) is 19.8 Å². The molecule has 1 aliphatic heterocycles. The molecule has 0 saturated heterocycles. The second kappa shape index (κ2) is 8.91. The standard InChI is InChI=1S/C24H33N2O2/c1-4-28-19-23-25(20-24(2,3)27)15-16-26(23,17-21-11-7-5-8-12-21)18-22-13-9-6-10-14-22/h5-16,23,27H,4,17-20H2,1-3H3/q+1.